The fourth-order valence-corrected chi connectivity index (χ4v) is 2.79. The predicted molar refractivity (Wildman–Crippen MR) is 75.8 cm³/mol. The van der Waals surface area contributed by atoms with Crippen molar-refractivity contribution in [3.63, 3.8) is 0 Å². The molecule has 24 heavy (non-hydrogen) atoms. The molecule has 1 aromatic rings. The number of non-ortho nitro benzene ring substituents is 2. The number of nitro benzene ring substituents is 2. The van der Waals surface area contributed by atoms with E-state index >= 15 is 0 Å². The van der Waals surface area contributed by atoms with Crippen LogP contribution in [0.15, 0.2) is 18.2 Å². The van der Waals surface area contributed by atoms with Crippen LogP contribution < -0.4 is 5.11 Å². The lowest BCUT2D eigenvalue weighted by Crippen LogP contribution is -2.37. The van der Waals surface area contributed by atoms with Gasteiger partial charge < -0.3 is 14.6 Å². The maximum atomic E-state index is 11.6. The molecule has 1 aliphatic rings. The summed E-state index contributed by atoms with van der Waals surface area (Å²) in [5, 5.41) is 33.4. The average Bonchev–Trinajstić information content (AvgIpc) is 2.93. The van der Waals surface area contributed by atoms with Crippen molar-refractivity contribution < 1.29 is 29.3 Å². The summed E-state index contributed by atoms with van der Waals surface area (Å²) in [5.74, 6) is -4.17. The first-order valence-electron chi connectivity index (χ1n) is 7.04. The van der Waals surface area contributed by atoms with Gasteiger partial charge in [-0.2, -0.15) is 0 Å². The third-order valence-corrected chi connectivity index (χ3v) is 3.99. The summed E-state index contributed by atoms with van der Waals surface area (Å²) in [4.78, 5) is 43.0. The van der Waals surface area contributed by atoms with E-state index in [0.717, 1.165) is 18.2 Å². The summed E-state index contributed by atoms with van der Waals surface area (Å²) in [6.45, 7) is 1.49. The summed E-state index contributed by atoms with van der Waals surface area (Å²) in [7, 11) is 0. The Kier molecular flexibility index (Phi) is 4.77. The Morgan fingerprint density at radius 3 is 2.12 bits per heavy atom. The van der Waals surface area contributed by atoms with Crippen molar-refractivity contribution >= 4 is 23.3 Å². The van der Waals surface area contributed by atoms with E-state index in [0.29, 0.717) is 6.42 Å². The Morgan fingerprint density at radius 1 is 1.21 bits per heavy atom. The Bertz CT molecular complexity index is 684. The number of rotatable bonds is 6. The Balaban J connectivity index is 2.47. The molecule has 0 N–H and O–H groups in total. The third-order valence-electron chi connectivity index (χ3n) is 3.99. The molecular formula is C14H13N2O8-. The number of hydrogen-bond acceptors (Lipinski definition) is 8. The molecule has 1 heterocycles. The van der Waals surface area contributed by atoms with Crippen LogP contribution in [0.2, 0.25) is 0 Å². The second kappa shape index (κ2) is 6.60. The second-order valence-electron chi connectivity index (χ2n) is 5.52. The molecule has 0 spiro atoms. The fraction of sp³-hybridized carbons (Fsp3) is 0.429. The number of benzene rings is 1. The molecule has 2 rings (SSSR count). The number of esters is 1. The van der Waals surface area contributed by atoms with Crippen LogP contribution in [0.25, 0.3) is 0 Å². The van der Waals surface area contributed by atoms with Crippen molar-refractivity contribution in [1.82, 2.24) is 0 Å². The van der Waals surface area contributed by atoms with Crippen molar-refractivity contribution in [2.24, 2.45) is 5.92 Å². The molecule has 0 aliphatic carbocycles. The minimum Gasteiger partial charge on any atom is -0.549 e. The minimum absolute atomic E-state index is 0.133. The topological polar surface area (TPSA) is 153 Å². The minimum atomic E-state index is -1.56. The first-order valence-corrected chi connectivity index (χ1v) is 7.04. The zero-order valence-corrected chi connectivity index (χ0v) is 12.5. The molecule has 0 radical (unpaired) electrons. The quantitative estimate of drug-likeness (QED) is 0.417. The van der Waals surface area contributed by atoms with Crippen LogP contribution in [0.4, 0.5) is 11.4 Å². The molecule has 0 amide bonds. The lowest BCUT2D eigenvalue weighted by Gasteiger charge is -2.28. The molecule has 3 atom stereocenters. The fourth-order valence-electron chi connectivity index (χ4n) is 2.79. The summed E-state index contributed by atoms with van der Waals surface area (Å²) in [5.41, 5.74) is -1.33. The Labute approximate surface area is 135 Å². The first-order chi connectivity index (χ1) is 11.2. The molecule has 128 valence electrons. The van der Waals surface area contributed by atoms with E-state index in [-0.39, 0.29) is 12.0 Å². The van der Waals surface area contributed by atoms with Crippen molar-refractivity contribution in [3.05, 3.63) is 44.0 Å². The van der Waals surface area contributed by atoms with Crippen molar-refractivity contribution in [2.45, 2.75) is 31.8 Å². The number of nitrogens with zero attached hydrogens (tertiary/aromatic N) is 2. The van der Waals surface area contributed by atoms with Gasteiger partial charge in [0.1, 0.15) is 6.10 Å². The zero-order valence-electron chi connectivity index (χ0n) is 12.5. The molecule has 0 bridgehead atoms. The first kappa shape index (κ1) is 17.3. The van der Waals surface area contributed by atoms with Crippen LogP contribution in [0, 0.1) is 26.1 Å². The largest absolute Gasteiger partial charge is 0.549 e. The lowest BCUT2D eigenvalue weighted by atomic mass is 9.82. The molecule has 10 nitrogen and oxygen atoms in total. The van der Waals surface area contributed by atoms with E-state index in [1.807, 2.05) is 0 Å². The number of carboxylic acid groups (broad SMARTS) is 1. The van der Waals surface area contributed by atoms with Gasteiger partial charge in [0.05, 0.1) is 15.9 Å². The van der Waals surface area contributed by atoms with Gasteiger partial charge >= 0.3 is 5.97 Å². The van der Waals surface area contributed by atoms with Crippen LogP contribution in [0.5, 0.6) is 0 Å². The highest BCUT2D eigenvalue weighted by molar-refractivity contribution is 5.76. The molecule has 10 heteroatoms. The van der Waals surface area contributed by atoms with E-state index in [4.69, 9.17) is 4.74 Å². The van der Waals surface area contributed by atoms with Crippen molar-refractivity contribution in [3.8, 4) is 0 Å². The highest BCUT2D eigenvalue weighted by atomic mass is 16.6. The normalized spacial score (nSPS) is 19.4. The molecule has 1 fully saturated rings. The van der Waals surface area contributed by atoms with E-state index in [9.17, 15) is 34.9 Å². The summed E-state index contributed by atoms with van der Waals surface area (Å²) >= 11 is 0. The second-order valence-corrected chi connectivity index (χ2v) is 5.52. The number of carbonyl (C=O) groups excluding carboxylic acids is 2. The maximum Gasteiger partial charge on any atom is 0.306 e. The van der Waals surface area contributed by atoms with Gasteiger partial charge in [0.15, 0.2) is 0 Å². The van der Waals surface area contributed by atoms with Crippen LogP contribution in [-0.4, -0.2) is 27.9 Å². The molecule has 1 aromatic carbocycles. The van der Waals surface area contributed by atoms with Gasteiger partial charge in [-0.25, -0.2) is 0 Å². The van der Waals surface area contributed by atoms with Crippen molar-refractivity contribution in [2.75, 3.05) is 0 Å². The molecule has 0 aromatic heterocycles. The van der Waals surface area contributed by atoms with E-state index in [2.05, 4.69) is 0 Å². The number of carbonyl (C=O) groups is 2. The van der Waals surface area contributed by atoms with Crippen LogP contribution in [0.1, 0.15) is 31.2 Å². The molecular weight excluding hydrogens is 324 g/mol. The van der Waals surface area contributed by atoms with Crippen LogP contribution in [0.3, 0.4) is 0 Å². The van der Waals surface area contributed by atoms with Crippen molar-refractivity contribution in [1.29, 1.82) is 0 Å². The number of aliphatic carboxylic acids is 1. The number of cyclic esters (lactones) is 1. The van der Waals surface area contributed by atoms with Gasteiger partial charge in [0, 0.05) is 36.4 Å². The number of ether oxygens (including phenoxy) is 1. The van der Waals surface area contributed by atoms with Gasteiger partial charge in [-0.15, -0.1) is 0 Å². The monoisotopic (exact) mass is 337 g/mol. The summed E-state index contributed by atoms with van der Waals surface area (Å²) in [6.07, 6.45) is -0.247. The standard InChI is InChI=1S/C14H14N2O8/c1-7(11-2-3-12(17)24-11)13(14(18)19)8-4-9(15(20)21)6-10(5-8)16(22)23/h4-7,11,13H,2-3H2,1H3,(H,18,19)/p-1. The van der Waals surface area contributed by atoms with Gasteiger partial charge in [-0.05, 0) is 12.0 Å². The van der Waals surface area contributed by atoms with Gasteiger partial charge in [0.2, 0.25) is 0 Å². The van der Waals surface area contributed by atoms with Gasteiger partial charge in [-0.3, -0.25) is 25.0 Å². The lowest BCUT2D eigenvalue weighted by molar-refractivity contribution is -0.394. The molecule has 1 aliphatic heterocycles. The number of carboxylic acids is 1. The zero-order chi connectivity index (χ0) is 18.0. The maximum absolute atomic E-state index is 11.6. The SMILES string of the molecule is CC(C1CCC(=O)O1)C(C(=O)[O-])c1cc([N+](=O)[O-])cc([N+](=O)[O-])c1. The van der Waals surface area contributed by atoms with Crippen LogP contribution >= 0.6 is 0 Å². The average molecular weight is 337 g/mol. The Morgan fingerprint density at radius 2 is 1.75 bits per heavy atom. The Hall–Kier alpha value is -3.04. The third kappa shape index (κ3) is 3.47. The molecule has 1 saturated heterocycles. The van der Waals surface area contributed by atoms with E-state index in [1.165, 1.54) is 6.92 Å². The van der Waals surface area contributed by atoms with E-state index in [1.54, 1.807) is 0 Å². The smallest absolute Gasteiger partial charge is 0.306 e. The highest BCUT2D eigenvalue weighted by Crippen LogP contribution is 2.36. The van der Waals surface area contributed by atoms with Gasteiger partial charge in [0.25, 0.3) is 11.4 Å². The molecule has 0 saturated carbocycles. The van der Waals surface area contributed by atoms with Crippen LogP contribution in [-0.2, 0) is 14.3 Å². The van der Waals surface area contributed by atoms with Gasteiger partial charge in [-0.1, -0.05) is 6.92 Å². The number of nitro groups is 2. The van der Waals surface area contributed by atoms with E-state index < -0.39 is 51.1 Å². The summed E-state index contributed by atoms with van der Waals surface area (Å²) in [6, 6.07) is 2.66. The summed E-state index contributed by atoms with van der Waals surface area (Å²) < 4.78 is 5.03. The molecule has 3 unspecified atom stereocenters. The predicted octanol–water partition coefficient (Wildman–Crippen LogP) is 0.678. The number of hydrogen-bond donors (Lipinski definition) is 0. The highest BCUT2D eigenvalue weighted by Gasteiger charge is 2.35.